The van der Waals surface area contributed by atoms with E-state index in [0.29, 0.717) is 6.42 Å². The third kappa shape index (κ3) is 15.3. The van der Waals surface area contributed by atoms with Gasteiger partial charge < -0.3 is 10.8 Å². The Labute approximate surface area is 135 Å². The highest BCUT2D eigenvalue weighted by Crippen LogP contribution is 2.14. The lowest BCUT2D eigenvalue weighted by Crippen LogP contribution is -2.20. The molecule has 1 amide bonds. The molecule has 0 aromatic rings. The summed E-state index contributed by atoms with van der Waals surface area (Å²) in [5.74, 6) is -0.831. The Morgan fingerprint density at radius 3 is 1.50 bits per heavy atom. The minimum atomic E-state index is -0.677. The number of unbranched alkanes of at least 4 members (excludes halogenated alkanes) is 11. The van der Waals surface area contributed by atoms with E-state index in [1.807, 2.05) is 6.92 Å². The Bertz CT molecular complexity index is 292. The third-order valence-electron chi connectivity index (χ3n) is 4.26. The highest BCUT2D eigenvalue weighted by Gasteiger charge is 2.07. The van der Waals surface area contributed by atoms with Crippen LogP contribution in [0.3, 0.4) is 0 Å². The largest absolute Gasteiger partial charge is 0.481 e. The van der Waals surface area contributed by atoms with Gasteiger partial charge in [-0.1, -0.05) is 77.6 Å². The highest BCUT2D eigenvalue weighted by atomic mass is 16.4. The molecule has 4 heteroatoms. The van der Waals surface area contributed by atoms with Crippen LogP contribution in [-0.2, 0) is 9.59 Å². The highest BCUT2D eigenvalue weighted by molar-refractivity contribution is 5.76. The summed E-state index contributed by atoms with van der Waals surface area (Å²) in [6.45, 7) is 1.91. The fraction of sp³-hybridized carbons (Fsp3) is 0.889. The maximum absolute atomic E-state index is 10.9. The van der Waals surface area contributed by atoms with Crippen molar-refractivity contribution in [3.63, 3.8) is 0 Å². The van der Waals surface area contributed by atoms with Crippen LogP contribution < -0.4 is 5.73 Å². The fourth-order valence-electron chi connectivity index (χ4n) is 2.64. The zero-order valence-corrected chi connectivity index (χ0v) is 14.3. The summed E-state index contributed by atoms with van der Waals surface area (Å²) in [4.78, 5) is 21.2. The van der Waals surface area contributed by atoms with Gasteiger partial charge in [-0.3, -0.25) is 9.59 Å². The van der Waals surface area contributed by atoms with Gasteiger partial charge in [-0.05, 0) is 12.8 Å². The van der Waals surface area contributed by atoms with Crippen molar-refractivity contribution in [2.45, 2.75) is 96.8 Å². The van der Waals surface area contributed by atoms with Crippen molar-refractivity contribution in [1.29, 1.82) is 0 Å². The zero-order chi connectivity index (χ0) is 16.6. The van der Waals surface area contributed by atoms with Gasteiger partial charge in [0.15, 0.2) is 0 Å². The number of aliphatic carboxylic acids is 1. The number of carbonyl (C=O) groups is 2. The molecule has 0 rings (SSSR count). The molecule has 0 spiro atoms. The van der Waals surface area contributed by atoms with Gasteiger partial charge in [0.2, 0.25) is 5.91 Å². The van der Waals surface area contributed by atoms with E-state index in [4.69, 9.17) is 10.8 Å². The average molecular weight is 313 g/mol. The Hall–Kier alpha value is -1.06. The standard InChI is InChI=1S/C18H35NO3/c1-16(18(19)22)14-12-10-8-6-4-2-3-5-7-9-11-13-15-17(20)21/h16H,2-15H2,1H3,(H2,19,22)(H,20,21). The Morgan fingerprint density at radius 2 is 1.14 bits per heavy atom. The van der Waals surface area contributed by atoms with Crippen LogP contribution in [0.25, 0.3) is 0 Å². The normalized spacial score (nSPS) is 12.2. The number of carboxylic acids is 1. The molecule has 0 aromatic heterocycles. The van der Waals surface area contributed by atoms with Gasteiger partial charge in [0, 0.05) is 12.3 Å². The van der Waals surface area contributed by atoms with Crippen molar-refractivity contribution in [3.8, 4) is 0 Å². The molecule has 1 atom stereocenters. The van der Waals surface area contributed by atoms with Crippen molar-refractivity contribution >= 4 is 11.9 Å². The Morgan fingerprint density at radius 1 is 0.773 bits per heavy atom. The van der Waals surface area contributed by atoms with Crippen molar-refractivity contribution < 1.29 is 14.7 Å². The molecular formula is C18H35NO3. The van der Waals surface area contributed by atoms with Crippen LogP contribution in [0.15, 0.2) is 0 Å². The second kappa shape index (κ2) is 14.9. The number of carboxylic acid groups (broad SMARTS) is 1. The van der Waals surface area contributed by atoms with Crippen molar-refractivity contribution in [2.75, 3.05) is 0 Å². The molecule has 0 saturated carbocycles. The molecule has 0 aliphatic carbocycles. The molecule has 3 N–H and O–H groups in total. The summed E-state index contributed by atoms with van der Waals surface area (Å²) in [5, 5.41) is 8.52. The lowest BCUT2D eigenvalue weighted by molar-refractivity contribution is -0.137. The van der Waals surface area contributed by atoms with E-state index in [2.05, 4.69) is 0 Å². The second-order valence-corrected chi connectivity index (χ2v) is 6.48. The maximum Gasteiger partial charge on any atom is 0.303 e. The average Bonchev–Trinajstić information content (AvgIpc) is 2.46. The van der Waals surface area contributed by atoms with Crippen LogP contribution in [-0.4, -0.2) is 17.0 Å². The van der Waals surface area contributed by atoms with Gasteiger partial charge in [-0.15, -0.1) is 0 Å². The van der Waals surface area contributed by atoms with Gasteiger partial charge in [0.1, 0.15) is 0 Å². The van der Waals surface area contributed by atoms with Gasteiger partial charge in [-0.25, -0.2) is 0 Å². The van der Waals surface area contributed by atoms with E-state index in [1.165, 1.54) is 57.8 Å². The first kappa shape index (κ1) is 20.9. The van der Waals surface area contributed by atoms with Crippen molar-refractivity contribution in [1.82, 2.24) is 0 Å². The molecule has 0 bridgehead atoms. The van der Waals surface area contributed by atoms with Crippen LogP contribution in [0, 0.1) is 5.92 Å². The predicted molar refractivity (Wildman–Crippen MR) is 90.6 cm³/mol. The molecule has 0 aliphatic rings. The van der Waals surface area contributed by atoms with E-state index < -0.39 is 5.97 Å². The van der Waals surface area contributed by atoms with Gasteiger partial charge >= 0.3 is 5.97 Å². The van der Waals surface area contributed by atoms with Crippen LogP contribution in [0.5, 0.6) is 0 Å². The monoisotopic (exact) mass is 313 g/mol. The summed E-state index contributed by atoms with van der Waals surface area (Å²) < 4.78 is 0. The molecule has 4 nitrogen and oxygen atoms in total. The topological polar surface area (TPSA) is 80.4 Å². The number of amides is 1. The van der Waals surface area contributed by atoms with E-state index in [0.717, 1.165) is 25.7 Å². The smallest absolute Gasteiger partial charge is 0.303 e. The Kier molecular flexibility index (Phi) is 14.1. The van der Waals surface area contributed by atoms with Crippen molar-refractivity contribution in [2.24, 2.45) is 11.7 Å². The van der Waals surface area contributed by atoms with Crippen LogP contribution in [0.2, 0.25) is 0 Å². The van der Waals surface area contributed by atoms with Gasteiger partial charge in [0.25, 0.3) is 0 Å². The molecular weight excluding hydrogens is 278 g/mol. The summed E-state index contributed by atoms with van der Waals surface area (Å²) in [6.07, 6.45) is 15.6. The molecule has 0 heterocycles. The second-order valence-electron chi connectivity index (χ2n) is 6.48. The Balaban J connectivity index is 3.08. The van der Waals surface area contributed by atoms with Crippen LogP contribution >= 0.6 is 0 Å². The van der Waals surface area contributed by atoms with Crippen molar-refractivity contribution in [3.05, 3.63) is 0 Å². The molecule has 0 aliphatic heterocycles. The number of carbonyl (C=O) groups excluding carboxylic acids is 1. The molecule has 0 radical (unpaired) electrons. The van der Waals surface area contributed by atoms with E-state index in [1.54, 1.807) is 0 Å². The lowest BCUT2D eigenvalue weighted by Gasteiger charge is -2.06. The minimum Gasteiger partial charge on any atom is -0.481 e. The molecule has 0 fully saturated rings. The SMILES string of the molecule is CC(CCCCCCCCCCCCCCC(=O)O)C(N)=O. The molecule has 0 aromatic carbocycles. The lowest BCUT2D eigenvalue weighted by atomic mass is 10.0. The zero-order valence-electron chi connectivity index (χ0n) is 14.3. The van der Waals surface area contributed by atoms with Crippen LogP contribution in [0.4, 0.5) is 0 Å². The fourth-order valence-corrected chi connectivity index (χ4v) is 2.64. The predicted octanol–water partition coefficient (Wildman–Crippen LogP) is 4.65. The first-order chi connectivity index (χ1) is 10.5. The molecule has 1 unspecified atom stereocenters. The van der Waals surface area contributed by atoms with E-state index >= 15 is 0 Å². The summed E-state index contributed by atoms with van der Waals surface area (Å²) in [5.41, 5.74) is 5.23. The number of nitrogens with two attached hydrogens (primary N) is 1. The molecule has 130 valence electrons. The van der Waals surface area contributed by atoms with E-state index in [-0.39, 0.29) is 11.8 Å². The quantitative estimate of drug-likeness (QED) is 0.407. The number of hydrogen-bond donors (Lipinski definition) is 2. The molecule has 0 saturated heterocycles. The molecule has 22 heavy (non-hydrogen) atoms. The summed E-state index contributed by atoms with van der Waals surface area (Å²) >= 11 is 0. The first-order valence-corrected chi connectivity index (χ1v) is 9.05. The van der Waals surface area contributed by atoms with E-state index in [9.17, 15) is 9.59 Å². The summed E-state index contributed by atoms with van der Waals surface area (Å²) in [7, 11) is 0. The number of hydrogen-bond acceptors (Lipinski definition) is 2. The third-order valence-corrected chi connectivity index (χ3v) is 4.26. The maximum atomic E-state index is 10.9. The van der Waals surface area contributed by atoms with Gasteiger partial charge in [0.05, 0.1) is 0 Å². The number of primary amides is 1. The number of rotatable bonds is 16. The summed E-state index contributed by atoms with van der Waals surface area (Å²) in [6, 6.07) is 0. The minimum absolute atomic E-state index is 0.0236. The van der Waals surface area contributed by atoms with Crippen LogP contribution in [0.1, 0.15) is 96.8 Å². The van der Waals surface area contributed by atoms with Gasteiger partial charge in [-0.2, -0.15) is 0 Å². The first-order valence-electron chi connectivity index (χ1n) is 9.05.